The maximum absolute atomic E-state index is 12.5. The van der Waals surface area contributed by atoms with Crippen molar-refractivity contribution in [2.45, 2.75) is 25.8 Å². The first kappa shape index (κ1) is 15.0. The third-order valence-corrected chi connectivity index (χ3v) is 4.67. The van der Waals surface area contributed by atoms with E-state index >= 15 is 0 Å². The number of amides is 1. The van der Waals surface area contributed by atoms with Gasteiger partial charge in [-0.1, -0.05) is 36.4 Å². The van der Waals surface area contributed by atoms with Crippen molar-refractivity contribution in [3.8, 4) is 0 Å². The molecular formula is C18H22N2O2. The molecule has 4 heteroatoms. The van der Waals surface area contributed by atoms with E-state index in [2.05, 4.69) is 23.5 Å². The highest BCUT2D eigenvalue weighted by molar-refractivity contribution is 5.86. The number of nitrogens with zero attached hydrogens (tertiary/aromatic N) is 1. The highest BCUT2D eigenvalue weighted by atomic mass is 16.2. The average Bonchev–Trinajstić information content (AvgIpc) is 3.05. The van der Waals surface area contributed by atoms with Gasteiger partial charge in [0.1, 0.15) is 5.78 Å². The van der Waals surface area contributed by atoms with Crippen molar-refractivity contribution in [3.05, 3.63) is 42.0 Å². The second kappa shape index (κ2) is 6.44. The van der Waals surface area contributed by atoms with Crippen LogP contribution in [-0.4, -0.2) is 42.3 Å². The summed E-state index contributed by atoms with van der Waals surface area (Å²) in [5.41, 5.74) is 2.55. The number of benzene rings is 1. The minimum absolute atomic E-state index is 0.00541. The molecule has 1 N–H and O–H groups in total. The molecule has 22 heavy (non-hydrogen) atoms. The van der Waals surface area contributed by atoms with Gasteiger partial charge in [0.25, 0.3) is 0 Å². The van der Waals surface area contributed by atoms with Crippen molar-refractivity contribution in [2.75, 3.05) is 19.6 Å². The van der Waals surface area contributed by atoms with E-state index in [1.807, 2.05) is 23.1 Å². The highest BCUT2D eigenvalue weighted by Crippen LogP contribution is 2.24. The molecule has 2 unspecified atom stereocenters. The van der Waals surface area contributed by atoms with Crippen LogP contribution in [0.2, 0.25) is 0 Å². The van der Waals surface area contributed by atoms with Gasteiger partial charge < -0.3 is 10.2 Å². The molecule has 1 saturated heterocycles. The lowest BCUT2D eigenvalue weighted by Crippen LogP contribution is -2.45. The molecule has 2 atom stereocenters. The van der Waals surface area contributed by atoms with E-state index in [0.717, 1.165) is 13.0 Å². The van der Waals surface area contributed by atoms with Crippen molar-refractivity contribution in [1.82, 2.24) is 10.2 Å². The molecule has 0 aliphatic carbocycles. The second-order valence-corrected chi connectivity index (χ2v) is 6.13. The topological polar surface area (TPSA) is 49.4 Å². The smallest absolute Gasteiger partial charge is 0.240 e. The largest absolute Gasteiger partial charge is 0.337 e. The Labute approximate surface area is 131 Å². The number of carbonyl (C=O) groups excluding carboxylic acids is 2. The maximum Gasteiger partial charge on any atom is 0.240 e. The Morgan fingerprint density at radius 1 is 1.23 bits per heavy atom. The molecule has 3 rings (SSSR count). The molecule has 1 fully saturated rings. The lowest BCUT2D eigenvalue weighted by atomic mass is 9.98. The molecule has 1 aromatic carbocycles. The number of hydrogen-bond acceptors (Lipinski definition) is 3. The van der Waals surface area contributed by atoms with Crippen LogP contribution in [0.15, 0.2) is 36.4 Å². The lowest BCUT2D eigenvalue weighted by molar-refractivity contribution is -0.132. The SMILES string of the molecule is CC(=O)C1CNC(C(=O)N2CC=C(c3ccccc3)CC2)C1. The second-order valence-electron chi connectivity index (χ2n) is 6.13. The minimum Gasteiger partial charge on any atom is -0.337 e. The Bertz CT molecular complexity index is 594. The predicted molar refractivity (Wildman–Crippen MR) is 86.2 cm³/mol. The summed E-state index contributed by atoms with van der Waals surface area (Å²) in [5, 5.41) is 3.20. The van der Waals surface area contributed by atoms with Gasteiger partial charge in [0.15, 0.2) is 0 Å². The third kappa shape index (κ3) is 3.12. The highest BCUT2D eigenvalue weighted by Gasteiger charge is 2.34. The fourth-order valence-electron chi connectivity index (χ4n) is 3.24. The molecule has 0 saturated carbocycles. The Morgan fingerprint density at radius 3 is 2.59 bits per heavy atom. The van der Waals surface area contributed by atoms with E-state index in [9.17, 15) is 9.59 Å². The number of ketones is 1. The van der Waals surface area contributed by atoms with Gasteiger partial charge in [-0.3, -0.25) is 9.59 Å². The Hall–Kier alpha value is -1.94. The van der Waals surface area contributed by atoms with Crippen LogP contribution in [-0.2, 0) is 9.59 Å². The predicted octanol–water partition coefficient (Wildman–Crippen LogP) is 1.87. The fraction of sp³-hybridized carbons (Fsp3) is 0.444. The van der Waals surface area contributed by atoms with E-state index in [1.54, 1.807) is 6.92 Å². The molecule has 2 aliphatic rings. The van der Waals surface area contributed by atoms with Gasteiger partial charge in [0.2, 0.25) is 5.91 Å². The van der Waals surface area contributed by atoms with Gasteiger partial charge in [-0.25, -0.2) is 0 Å². The van der Waals surface area contributed by atoms with E-state index in [4.69, 9.17) is 0 Å². The summed E-state index contributed by atoms with van der Waals surface area (Å²) in [6.07, 6.45) is 3.67. The zero-order valence-corrected chi connectivity index (χ0v) is 12.9. The van der Waals surface area contributed by atoms with Crippen molar-refractivity contribution < 1.29 is 9.59 Å². The third-order valence-electron chi connectivity index (χ3n) is 4.67. The van der Waals surface area contributed by atoms with Gasteiger partial charge >= 0.3 is 0 Å². The normalized spacial score (nSPS) is 25.0. The van der Waals surface area contributed by atoms with E-state index in [-0.39, 0.29) is 23.7 Å². The van der Waals surface area contributed by atoms with Crippen LogP contribution in [0.3, 0.4) is 0 Å². The van der Waals surface area contributed by atoms with Gasteiger partial charge in [-0.15, -0.1) is 0 Å². The summed E-state index contributed by atoms with van der Waals surface area (Å²) in [6.45, 7) is 3.65. The van der Waals surface area contributed by atoms with Gasteiger partial charge in [0, 0.05) is 25.6 Å². The van der Waals surface area contributed by atoms with E-state index in [0.29, 0.717) is 19.5 Å². The molecule has 1 amide bonds. The van der Waals surface area contributed by atoms with E-state index in [1.165, 1.54) is 11.1 Å². The maximum atomic E-state index is 12.5. The number of rotatable bonds is 3. The standard InChI is InChI=1S/C18H22N2O2/c1-13(21)16-11-17(19-12-16)18(22)20-9-7-15(8-10-20)14-5-3-2-4-6-14/h2-7,16-17,19H,8-12H2,1H3. The summed E-state index contributed by atoms with van der Waals surface area (Å²) in [5.74, 6) is 0.300. The summed E-state index contributed by atoms with van der Waals surface area (Å²) in [7, 11) is 0. The summed E-state index contributed by atoms with van der Waals surface area (Å²) in [6, 6.07) is 10.1. The number of carbonyl (C=O) groups is 2. The van der Waals surface area contributed by atoms with Crippen molar-refractivity contribution in [3.63, 3.8) is 0 Å². The molecule has 2 aliphatic heterocycles. The molecule has 0 bridgehead atoms. The van der Waals surface area contributed by atoms with Crippen molar-refractivity contribution >= 4 is 17.3 Å². The molecule has 0 spiro atoms. The Balaban J connectivity index is 1.60. The molecule has 0 radical (unpaired) electrons. The molecule has 1 aromatic rings. The fourth-order valence-corrected chi connectivity index (χ4v) is 3.24. The lowest BCUT2D eigenvalue weighted by Gasteiger charge is -2.29. The Kier molecular flexibility index (Phi) is 4.39. The first-order valence-electron chi connectivity index (χ1n) is 7.92. The van der Waals surface area contributed by atoms with E-state index < -0.39 is 0 Å². The van der Waals surface area contributed by atoms with Crippen LogP contribution in [0.5, 0.6) is 0 Å². The van der Waals surface area contributed by atoms with Crippen molar-refractivity contribution in [2.24, 2.45) is 5.92 Å². The average molecular weight is 298 g/mol. The van der Waals surface area contributed by atoms with Crippen LogP contribution in [0.1, 0.15) is 25.3 Å². The Morgan fingerprint density at radius 2 is 2.00 bits per heavy atom. The summed E-state index contributed by atoms with van der Waals surface area (Å²) in [4.78, 5) is 25.8. The van der Waals surface area contributed by atoms with Crippen molar-refractivity contribution in [1.29, 1.82) is 0 Å². The van der Waals surface area contributed by atoms with Crippen LogP contribution < -0.4 is 5.32 Å². The number of nitrogens with one attached hydrogen (secondary N) is 1. The van der Waals surface area contributed by atoms with Gasteiger partial charge in [0.05, 0.1) is 6.04 Å². The monoisotopic (exact) mass is 298 g/mol. The molecular weight excluding hydrogens is 276 g/mol. The molecule has 2 heterocycles. The van der Waals surface area contributed by atoms with Gasteiger partial charge in [-0.2, -0.15) is 0 Å². The van der Waals surface area contributed by atoms with Crippen LogP contribution in [0.25, 0.3) is 5.57 Å². The zero-order chi connectivity index (χ0) is 15.5. The number of hydrogen-bond donors (Lipinski definition) is 1. The molecule has 116 valence electrons. The quantitative estimate of drug-likeness (QED) is 0.927. The first-order chi connectivity index (χ1) is 10.6. The first-order valence-corrected chi connectivity index (χ1v) is 7.92. The molecule has 0 aromatic heterocycles. The van der Waals surface area contributed by atoms with Crippen LogP contribution in [0.4, 0.5) is 0 Å². The van der Waals surface area contributed by atoms with Gasteiger partial charge in [-0.05, 0) is 30.9 Å². The summed E-state index contributed by atoms with van der Waals surface area (Å²) >= 11 is 0. The zero-order valence-electron chi connectivity index (χ0n) is 12.9. The van der Waals surface area contributed by atoms with Crippen LogP contribution >= 0.6 is 0 Å². The van der Waals surface area contributed by atoms with Crippen LogP contribution in [0, 0.1) is 5.92 Å². The summed E-state index contributed by atoms with van der Waals surface area (Å²) < 4.78 is 0. The number of Topliss-reactive ketones (excluding diaryl/α,β-unsaturated/α-hetero) is 1. The molecule has 4 nitrogen and oxygen atoms in total. The minimum atomic E-state index is -0.194.